The highest BCUT2D eigenvalue weighted by Gasteiger charge is 2.22. The fourth-order valence-electron chi connectivity index (χ4n) is 4.83. The van der Waals surface area contributed by atoms with E-state index < -0.39 is 17.2 Å². The third kappa shape index (κ3) is 10.8. The maximum absolute atomic E-state index is 13.1. The van der Waals surface area contributed by atoms with Gasteiger partial charge in [-0.25, -0.2) is 0 Å². The van der Waals surface area contributed by atoms with Crippen LogP contribution in [-0.4, -0.2) is 78.8 Å². The second-order valence-electron chi connectivity index (χ2n) is 13.7. The third-order valence-electron chi connectivity index (χ3n) is 7.08. The van der Waals surface area contributed by atoms with E-state index in [1.807, 2.05) is 12.1 Å². The number of carbonyl (C=O) groups is 4. The Kier molecular flexibility index (Phi) is 12.4. The molecule has 0 spiro atoms. The summed E-state index contributed by atoms with van der Waals surface area (Å²) in [5, 5.41) is 12.1. The van der Waals surface area contributed by atoms with Crippen molar-refractivity contribution in [3.05, 3.63) is 46.2 Å². The number of ketones is 1. The molecule has 0 saturated heterocycles. The molecule has 4 rings (SSSR count). The summed E-state index contributed by atoms with van der Waals surface area (Å²) in [6.45, 7) is 11.5. The number of hydrogen-bond acceptors (Lipinski definition) is 12. The third-order valence-corrected chi connectivity index (χ3v) is 9.31. The Morgan fingerprint density at radius 3 is 1.86 bits per heavy atom. The molecule has 0 aliphatic carbocycles. The molecule has 2 aromatic carbocycles. The maximum atomic E-state index is 13.1. The second kappa shape index (κ2) is 16.1. The number of ether oxygens (including phenoxy) is 5. The summed E-state index contributed by atoms with van der Waals surface area (Å²) in [4.78, 5) is 52.4. The van der Waals surface area contributed by atoms with Gasteiger partial charge in [0.15, 0.2) is 28.8 Å². The van der Waals surface area contributed by atoms with Gasteiger partial charge in [-0.2, -0.15) is 0 Å². The average molecular weight is 728 g/mol. The molecular formula is C37H45NO10S2. The lowest BCUT2D eigenvalue weighted by atomic mass is 10.1. The Morgan fingerprint density at radius 1 is 0.700 bits per heavy atom. The minimum absolute atomic E-state index is 0.00391. The first kappa shape index (κ1) is 38.4. The van der Waals surface area contributed by atoms with Crippen LogP contribution in [0.3, 0.4) is 0 Å². The van der Waals surface area contributed by atoms with Gasteiger partial charge in [-0.05, 0) is 76.6 Å². The SMILES string of the molecule is COc1cc2sc(C(=O)N(C)CCC(=O)OC(C)(C)C)cc2cc1OCCCOc1cc2cc(C(=O)CCC(=O)OC(C)(C)C)sc2cc1O. The summed E-state index contributed by atoms with van der Waals surface area (Å²) in [6, 6.07) is 10.4. The lowest BCUT2D eigenvalue weighted by Gasteiger charge is -2.21. The number of benzene rings is 2. The van der Waals surface area contributed by atoms with Gasteiger partial charge in [0.25, 0.3) is 5.91 Å². The van der Waals surface area contributed by atoms with E-state index in [0.717, 1.165) is 20.2 Å². The van der Waals surface area contributed by atoms with Gasteiger partial charge in [0.05, 0.1) is 42.9 Å². The van der Waals surface area contributed by atoms with E-state index in [2.05, 4.69) is 0 Å². The zero-order valence-electron chi connectivity index (χ0n) is 29.8. The summed E-state index contributed by atoms with van der Waals surface area (Å²) >= 11 is 2.58. The summed E-state index contributed by atoms with van der Waals surface area (Å²) in [5.74, 6) is 0.134. The number of carbonyl (C=O) groups excluding carboxylic acids is 4. The van der Waals surface area contributed by atoms with Crippen molar-refractivity contribution in [1.29, 1.82) is 0 Å². The lowest BCUT2D eigenvalue weighted by Crippen LogP contribution is -2.31. The standard InChI is InChI=1S/C37H45NO10S2/c1-36(2,3)47-33(41)11-10-24(39)31-18-22-16-26(25(40)20-29(22)49-31)45-14-9-15-46-28-17-23-19-32(50-30(23)21-27(28)44-8)35(43)38(7)13-12-34(42)48-37(4,5)6/h16-21,40H,9-15H2,1-8H3. The first-order valence-corrected chi connectivity index (χ1v) is 17.9. The second-order valence-corrected chi connectivity index (χ2v) is 15.9. The van der Waals surface area contributed by atoms with Crippen molar-refractivity contribution in [3.8, 4) is 23.0 Å². The highest BCUT2D eigenvalue weighted by molar-refractivity contribution is 7.21. The Hall–Kier alpha value is -4.36. The number of methoxy groups -OCH3 is 1. The molecular weight excluding hydrogens is 683 g/mol. The highest BCUT2D eigenvalue weighted by Crippen LogP contribution is 2.38. The minimum atomic E-state index is -0.609. The molecule has 0 aliphatic heterocycles. The molecule has 0 fully saturated rings. The summed E-state index contributed by atoms with van der Waals surface area (Å²) in [5.41, 5.74) is -1.19. The number of nitrogens with zero attached hydrogens (tertiary/aromatic N) is 1. The molecule has 0 saturated carbocycles. The van der Waals surface area contributed by atoms with E-state index >= 15 is 0 Å². The molecule has 0 radical (unpaired) electrons. The van der Waals surface area contributed by atoms with Gasteiger partial charge in [-0.15, -0.1) is 22.7 Å². The fraction of sp³-hybridized carbons (Fsp3) is 0.459. The van der Waals surface area contributed by atoms with Crippen LogP contribution in [0.2, 0.25) is 0 Å². The smallest absolute Gasteiger partial charge is 0.308 e. The molecule has 1 N–H and O–H groups in total. The van der Waals surface area contributed by atoms with Crippen molar-refractivity contribution in [3.63, 3.8) is 0 Å². The van der Waals surface area contributed by atoms with Gasteiger partial charge >= 0.3 is 11.9 Å². The molecule has 0 unspecified atom stereocenters. The first-order valence-electron chi connectivity index (χ1n) is 16.3. The number of phenols is 1. The molecule has 0 aliphatic rings. The Morgan fingerprint density at radius 2 is 1.24 bits per heavy atom. The van der Waals surface area contributed by atoms with Crippen LogP contribution in [0.25, 0.3) is 20.2 Å². The largest absolute Gasteiger partial charge is 0.504 e. The summed E-state index contributed by atoms with van der Waals surface area (Å²) < 4.78 is 29.6. The van der Waals surface area contributed by atoms with E-state index in [9.17, 15) is 24.3 Å². The van der Waals surface area contributed by atoms with Crippen molar-refractivity contribution < 1.29 is 48.0 Å². The van der Waals surface area contributed by atoms with Gasteiger partial charge < -0.3 is 33.7 Å². The predicted octanol–water partition coefficient (Wildman–Crippen LogP) is 7.79. The number of fused-ring (bicyclic) bond motifs is 2. The average Bonchev–Trinajstić information content (AvgIpc) is 3.63. The van der Waals surface area contributed by atoms with Crippen LogP contribution in [-0.2, 0) is 19.1 Å². The Labute approximate surface area is 300 Å². The number of aromatic hydroxyl groups is 1. The molecule has 2 aromatic heterocycles. The van der Waals surface area contributed by atoms with Gasteiger partial charge in [0, 0.05) is 48.0 Å². The van der Waals surface area contributed by atoms with E-state index in [0.29, 0.717) is 34.3 Å². The molecule has 1 amide bonds. The van der Waals surface area contributed by atoms with Crippen LogP contribution in [0.4, 0.5) is 0 Å². The van der Waals surface area contributed by atoms with Gasteiger partial charge in [-0.1, -0.05) is 0 Å². The number of rotatable bonds is 15. The van der Waals surface area contributed by atoms with Crippen LogP contribution in [0.1, 0.15) is 86.6 Å². The zero-order chi connectivity index (χ0) is 36.8. The lowest BCUT2D eigenvalue weighted by molar-refractivity contribution is -0.156. The molecule has 270 valence electrons. The number of amides is 1. The topological polar surface area (TPSA) is 138 Å². The van der Waals surface area contributed by atoms with Gasteiger partial charge in [0.1, 0.15) is 11.2 Å². The van der Waals surface area contributed by atoms with Crippen molar-refractivity contribution in [1.82, 2.24) is 4.90 Å². The summed E-state index contributed by atoms with van der Waals surface area (Å²) in [7, 11) is 3.20. The van der Waals surface area contributed by atoms with Gasteiger partial charge in [0.2, 0.25) is 0 Å². The maximum Gasteiger partial charge on any atom is 0.308 e. The number of phenolic OH excluding ortho intramolecular Hbond substituents is 1. The van der Waals surface area contributed by atoms with Crippen molar-refractivity contribution in [2.75, 3.05) is 33.9 Å². The highest BCUT2D eigenvalue weighted by atomic mass is 32.1. The zero-order valence-corrected chi connectivity index (χ0v) is 31.4. The van der Waals surface area contributed by atoms with Crippen LogP contribution in [0.15, 0.2) is 36.4 Å². The number of hydrogen-bond donors (Lipinski definition) is 1. The fourth-order valence-corrected chi connectivity index (χ4v) is 6.94. The number of esters is 2. The van der Waals surface area contributed by atoms with Crippen LogP contribution < -0.4 is 14.2 Å². The molecule has 13 heteroatoms. The molecule has 4 aromatic rings. The van der Waals surface area contributed by atoms with Crippen molar-refractivity contribution in [2.24, 2.45) is 0 Å². The Bertz CT molecular complexity index is 1860. The minimum Gasteiger partial charge on any atom is -0.504 e. The monoisotopic (exact) mass is 727 g/mol. The predicted molar refractivity (Wildman–Crippen MR) is 194 cm³/mol. The Balaban J connectivity index is 1.30. The number of thiophene rings is 2. The first-order chi connectivity index (χ1) is 23.4. The van der Waals surface area contributed by atoms with Crippen LogP contribution >= 0.6 is 22.7 Å². The van der Waals surface area contributed by atoms with Crippen molar-refractivity contribution >= 4 is 66.5 Å². The quantitative estimate of drug-likeness (QED) is 0.0734. The molecule has 2 heterocycles. The molecule has 0 atom stereocenters. The van der Waals surface area contributed by atoms with E-state index in [1.54, 1.807) is 80.0 Å². The van der Waals surface area contributed by atoms with E-state index in [4.69, 9.17) is 23.7 Å². The number of Topliss-reactive ketones (excluding diaryl/α,β-unsaturated/α-hetero) is 1. The normalized spacial score (nSPS) is 11.8. The summed E-state index contributed by atoms with van der Waals surface area (Å²) in [6.07, 6.45) is 0.626. The van der Waals surface area contributed by atoms with Crippen LogP contribution in [0.5, 0.6) is 23.0 Å². The molecule has 11 nitrogen and oxygen atoms in total. The van der Waals surface area contributed by atoms with E-state index in [1.165, 1.54) is 27.6 Å². The molecule has 0 bridgehead atoms. The van der Waals surface area contributed by atoms with Crippen LogP contribution in [0, 0.1) is 0 Å². The van der Waals surface area contributed by atoms with Gasteiger partial charge in [-0.3, -0.25) is 19.2 Å². The molecule has 50 heavy (non-hydrogen) atoms. The van der Waals surface area contributed by atoms with E-state index in [-0.39, 0.29) is 61.6 Å². The van der Waals surface area contributed by atoms with Crippen molar-refractivity contribution in [2.45, 2.75) is 78.4 Å².